The molecule has 4 nitrogen and oxygen atoms in total. The fourth-order valence-electron chi connectivity index (χ4n) is 2.20. The number of imidazole rings is 1. The SMILES string of the molecule is Cc1ncc(CNC(C)C)n1CCCOc1ccccc1. The summed E-state index contributed by atoms with van der Waals surface area (Å²) < 4.78 is 8.00. The number of rotatable bonds is 8. The normalized spacial score (nSPS) is 11.0. The molecule has 0 aliphatic carbocycles. The third-order valence-corrected chi connectivity index (χ3v) is 3.37. The predicted octanol–water partition coefficient (Wildman–Crippen LogP) is 3.16. The number of benzene rings is 1. The molecular weight excluding hydrogens is 262 g/mol. The second-order valence-electron chi connectivity index (χ2n) is 5.50. The summed E-state index contributed by atoms with van der Waals surface area (Å²) >= 11 is 0. The van der Waals surface area contributed by atoms with Gasteiger partial charge in [-0.15, -0.1) is 0 Å². The van der Waals surface area contributed by atoms with E-state index in [-0.39, 0.29) is 0 Å². The van der Waals surface area contributed by atoms with E-state index in [4.69, 9.17) is 4.74 Å². The average Bonchev–Trinajstić information content (AvgIpc) is 2.83. The molecule has 1 heterocycles. The third kappa shape index (κ3) is 4.90. The Balaban J connectivity index is 1.81. The van der Waals surface area contributed by atoms with Crippen LogP contribution < -0.4 is 10.1 Å². The Morgan fingerprint density at radius 3 is 2.71 bits per heavy atom. The number of hydrogen-bond acceptors (Lipinski definition) is 3. The van der Waals surface area contributed by atoms with Crippen molar-refractivity contribution in [2.75, 3.05) is 6.61 Å². The number of nitrogens with zero attached hydrogens (tertiary/aromatic N) is 2. The van der Waals surface area contributed by atoms with E-state index < -0.39 is 0 Å². The first-order valence-corrected chi connectivity index (χ1v) is 7.59. The van der Waals surface area contributed by atoms with E-state index in [0.29, 0.717) is 6.04 Å². The highest BCUT2D eigenvalue weighted by atomic mass is 16.5. The highest BCUT2D eigenvalue weighted by Crippen LogP contribution is 2.10. The third-order valence-electron chi connectivity index (χ3n) is 3.37. The summed E-state index contributed by atoms with van der Waals surface area (Å²) in [5.41, 5.74) is 1.24. The molecule has 1 N–H and O–H groups in total. The molecule has 1 aromatic carbocycles. The van der Waals surface area contributed by atoms with Crippen LogP contribution in [-0.2, 0) is 13.1 Å². The Morgan fingerprint density at radius 2 is 2.00 bits per heavy atom. The Hall–Kier alpha value is -1.81. The highest BCUT2D eigenvalue weighted by Gasteiger charge is 2.06. The van der Waals surface area contributed by atoms with Crippen LogP contribution in [0, 0.1) is 6.92 Å². The number of para-hydroxylation sites is 1. The Kier molecular flexibility index (Phi) is 5.81. The standard InChI is InChI=1S/C17H25N3O/c1-14(2)18-12-16-13-19-15(3)20(16)10-7-11-21-17-8-5-4-6-9-17/h4-6,8-9,13-14,18H,7,10-12H2,1-3H3. The molecule has 2 rings (SSSR count). The predicted molar refractivity (Wildman–Crippen MR) is 85.5 cm³/mol. The summed E-state index contributed by atoms with van der Waals surface area (Å²) in [7, 11) is 0. The van der Waals surface area contributed by atoms with E-state index in [0.717, 1.165) is 37.7 Å². The summed E-state index contributed by atoms with van der Waals surface area (Å²) in [6, 6.07) is 10.4. The van der Waals surface area contributed by atoms with Crippen molar-refractivity contribution in [3.8, 4) is 5.75 Å². The maximum Gasteiger partial charge on any atom is 0.119 e. The molecule has 0 radical (unpaired) electrons. The minimum atomic E-state index is 0.482. The quantitative estimate of drug-likeness (QED) is 0.758. The van der Waals surface area contributed by atoms with E-state index in [1.54, 1.807) is 0 Å². The second-order valence-corrected chi connectivity index (χ2v) is 5.50. The fraction of sp³-hybridized carbons (Fsp3) is 0.471. The van der Waals surface area contributed by atoms with Gasteiger partial charge in [-0.2, -0.15) is 0 Å². The Morgan fingerprint density at radius 1 is 1.24 bits per heavy atom. The molecule has 4 heteroatoms. The maximum absolute atomic E-state index is 5.73. The maximum atomic E-state index is 5.73. The number of aromatic nitrogens is 2. The van der Waals surface area contributed by atoms with Crippen LogP contribution in [0.25, 0.3) is 0 Å². The summed E-state index contributed by atoms with van der Waals surface area (Å²) in [5, 5.41) is 3.44. The van der Waals surface area contributed by atoms with Gasteiger partial charge in [-0.05, 0) is 25.5 Å². The number of aryl methyl sites for hydroxylation is 1. The Labute approximate surface area is 127 Å². The molecule has 0 unspecified atom stereocenters. The lowest BCUT2D eigenvalue weighted by Crippen LogP contribution is -2.23. The first-order chi connectivity index (χ1) is 10.2. The molecule has 0 saturated heterocycles. The monoisotopic (exact) mass is 287 g/mol. The van der Waals surface area contributed by atoms with Crippen LogP contribution in [-0.4, -0.2) is 22.2 Å². The van der Waals surface area contributed by atoms with Crippen LogP contribution in [0.5, 0.6) is 5.75 Å². The zero-order valence-corrected chi connectivity index (χ0v) is 13.2. The van der Waals surface area contributed by atoms with Crippen molar-refractivity contribution in [2.45, 2.75) is 46.3 Å². The van der Waals surface area contributed by atoms with Crippen molar-refractivity contribution in [1.82, 2.24) is 14.9 Å². The van der Waals surface area contributed by atoms with Crippen LogP contribution in [0.2, 0.25) is 0 Å². The second kappa shape index (κ2) is 7.84. The molecule has 0 atom stereocenters. The van der Waals surface area contributed by atoms with Crippen LogP contribution in [0.4, 0.5) is 0 Å². The minimum absolute atomic E-state index is 0.482. The molecular formula is C17H25N3O. The van der Waals surface area contributed by atoms with E-state index in [1.807, 2.05) is 36.5 Å². The number of nitrogens with one attached hydrogen (secondary N) is 1. The van der Waals surface area contributed by atoms with Gasteiger partial charge in [-0.3, -0.25) is 0 Å². The topological polar surface area (TPSA) is 39.1 Å². The van der Waals surface area contributed by atoms with Crippen LogP contribution in [0.15, 0.2) is 36.5 Å². The summed E-state index contributed by atoms with van der Waals surface area (Å²) in [5.74, 6) is 2.00. The van der Waals surface area contributed by atoms with Crippen molar-refractivity contribution in [2.24, 2.45) is 0 Å². The summed E-state index contributed by atoms with van der Waals surface area (Å²) in [6.45, 7) is 8.88. The molecule has 0 amide bonds. The van der Waals surface area contributed by atoms with Crippen LogP contribution in [0.1, 0.15) is 31.8 Å². The molecule has 21 heavy (non-hydrogen) atoms. The van der Waals surface area contributed by atoms with Gasteiger partial charge in [0.2, 0.25) is 0 Å². The lowest BCUT2D eigenvalue weighted by atomic mass is 10.3. The molecule has 0 saturated carbocycles. The fourth-order valence-corrected chi connectivity index (χ4v) is 2.20. The lowest BCUT2D eigenvalue weighted by molar-refractivity contribution is 0.300. The van der Waals surface area contributed by atoms with Crippen molar-refractivity contribution >= 4 is 0 Å². The number of hydrogen-bond donors (Lipinski definition) is 1. The minimum Gasteiger partial charge on any atom is -0.494 e. The van der Waals surface area contributed by atoms with Gasteiger partial charge in [0.15, 0.2) is 0 Å². The molecule has 0 spiro atoms. The molecule has 1 aromatic heterocycles. The van der Waals surface area contributed by atoms with E-state index in [1.165, 1.54) is 5.69 Å². The zero-order valence-electron chi connectivity index (χ0n) is 13.2. The summed E-state index contributed by atoms with van der Waals surface area (Å²) in [4.78, 5) is 4.41. The lowest BCUT2D eigenvalue weighted by Gasteiger charge is -2.13. The molecule has 0 aliphatic heterocycles. The van der Waals surface area contributed by atoms with Crippen LogP contribution in [0.3, 0.4) is 0 Å². The molecule has 0 fully saturated rings. The van der Waals surface area contributed by atoms with Crippen molar-refractivity contribution in [1.29, 1.82) is 0 Å². The van der Waals surface area contributed by atoms with E-state index >= 15 is 0 Å². The Bertz CT molecular complexity index is 534. The van der Waals surface area contributed by atoms with Gasteiger partial charge in [0, 0.05) is 25.3 Å². The molecule has 114 valence electrons. The van der Waals surface area contributed by atoms with Gasteiger partial charge in [0.1, 0.15) is 11.6 Å². The first kappa shape index (κ1) is 15.6. The van der Waals surface area contributed by atoms with Crippen molar-refractivity contribution in [3.63, 3.8) is 0 Å². The van der Waals surface area contributed by atoms with Crippen molar-refractivity contribution in [3.05, 3.63) is 48.0 Å². The number of ether oxygens (including phenoxy) is 1. The molecule has 0 bridgehead atoms. The average molecular weight is 287 g/mol. The van der Waals surface area contributed by atoms with Gasteiger partial charge in [-0.25, -0.2) is 4.98 Å². The van der Waals surface area contributed by atoms with Gasteiger partial charge in [0.25, 0.3) is 0 Å². The molecule has 0 aliphatic rings. The van der Waals surface area contributed by atoms with Crippen molar-refractivity contribution < 1.29 is 4.74 Å². The van der Waals surface area contributed by atoms with Gasteiger partial charge >= 0.3 is 0 Å². The van der Waals surface area contributed by atoms with E-state index in [9.17, 15) is 0 Å². The first-order valence-electron chi connectivity index (χ1n) is 7.59. The van der Waals surface area contributed by atoms with Crippen LogP contribution >= 0.6 is 0 Å². The van der Waals surface area contributed by atoms with Gasteiger partial charge < -0.3 is 14.6 Å². The van der Waals surface area contributed by atoms with Gasteiger partial charge in [-0.1, -0.05) is 32.0 Å². The molecule has 2 aromatic rings. The van der Waals surface area contributed by atoms with E-state index in [2.05, 4.69) is 35.6 Å². The smallest absolute Gasteiger partial charge is 0.119 e. The highest BCUT2D eigenvalue weighted by molar-refractivity contribution is 5.20. The zero-order chi connectivity index (χ0) is 15.1. The van der Waals surface area contributed by atoms with Gasteiger partial charge in [0.05, 0.1) is 12.3 Å². The largest absolute Gasteiger partial charge is 0.494 e. The summed E-state index contributed by atoms with van der Waals surface area (Å²) in [6.07, 6.45) is 2.93.